The predicted octanol–water partition coefficient (Wildman–Crippen LogP) is 1.71. The van der Waals surface area contributed by atoms with Gasteiger partial charge in [0.2, 0.25) is 5.43 Å². The van der Waals surface area contributed by atoms with Crippen molar-refractivity contribution in [3.63, 3.8) is 0 Å². The van der Waals surface area contributed by atoms with Crippen LogP contribution in [0.15, 0.2) is 29.2 Å². The third-order valence-electron chi connectivity index (χ3n) is 4.44. The summed E-state index contributed by atoms with van der Waals surface area (Å²) in [7, 11) is 1.55. The van der Waals surface area contributed by atoms with Gasteiger partial charge in [-0.2, -0.15) is 0 Å². The van der Waals surface area contributed by atoms with Crippen molar-refractivity contribution in [2.45, 2.75) is 6.92 Å². The number of hydrogen-bond acceptors (Lipinski definition) is 4. The number of carbonyl (C=O) groups is 1. The molecule has 24 heavy (non-hydrogen) atoms. The Morgan fingerprint density at radius 3 is 2.71 bits per heavy atom. The van der Waals surface area contributed by atoms with Gasteiger partial charge in [0.05, 0.1) is 12.5 Å². The number of aromatic nitrogens is 1. The molecule has 0 atom stereocenters. The normalized spacial score (nSPS) is 15.5. The fourth-order valence-electron chi connectivity index (χ4n) is 2.88. The molecule has 2 aromatic rings. The van der Waals surface area contributed by atoms with Crippen LogP contribution in [0.4, 0.5) is 10.5 Å². The van der Waals surface area contributed by atoms with Crippen molar-refractivity contribution in [3.05, 3.63) is 34.6 Å². The molecule has 0 saturated carbocycles. The molecule has 128 valence electrons. The van der Waals surface area contributed by atoms with Crippen molar-refractivity contribution < 1.29 is 9.53 Å². The predicted molar refractivity (Wildman–Crippen MR) is 93.8 cm³/mol. The average molecular weight is 330 g/mol. The number of pyridine rings is 1. The minimum Gasteiger partial charge on any atom is -0.497 e. The second kappa shape index (κ2) is 6.92. The highest BCUT2D eigenvalue weighted by Gasteiger charge is 2.21. The SMILES string of the molecule is CCN1CCN(C(=O)Nc2c[nH]c3ccc(OC)cc3c2=O)CC1. The molecule has 7 heteroatoms. The number of fused-ring (bicyclic) bond motifs is 1. The van der Waals surface area contributed by atoms with Gasteiger partial charge in [0, 0.05) is 37.9 Å². The third kappa shape index (κ3) is 3.21. The molecule has 0 radical (unpaired) electrons. The zero-order valence-electron chi connectivity index (χ0n) is 14.0. The highest BCUT2D eigenvalue weighted by atomic mass is 16.5. The number of methoxy groups -OCH3 is 1. The monoisotopic (exact) mass is 330 g/mol. The van der Waals surface area contributed by atoms with Crippen molar-refractivity contribution in [1.82, 2.24) is 14.8 Å². The Kier molecular flexibility index (Phi) is 4.71. The molecule has 1 saturated heterocycles. The van der Waals surface area contributed by atoms with E-state index in [-0.39, 0.29) is 17.1 Å². The third-order valence-corrected chi connectivity index (χ3v) is 4.44. The summed E-state index contributed by atoms with van der Waals surface area (Å²) >= 11 is 0. The number of H-pyrrole nitrogens is 1. The zero-order valence-corrected chi connectivity index (χ0v) is 14.0. The summed E-state index contributed by atoms with van der Waals surface area (Å²) in [4.78, 5) is 32.1. The van der Waals surface area contributed by atoms with Crippen molar-refractivity contribution in [2.75, 3.05) is 45.2 Å². The van der Waals surface area contributed by atoms with Crippen LogP contribution in [0.2, 0.25) is 0 Å². The zero-order chi connectivity index (χ0) is 17.1. The summed E-state index contributed by atoms with van der Waals surface area (Å²) in [5.74, 6) is 0.604. The number of hydrogen-bond donors (Lipinski definition) is 2. The average Bonchev–Trinajstić information content (AvgIpc) is 2.63. The van der Waals surface area contributed by atoms with Gasteiger partial charge in [-0.1, -0.05) is 6.92 Å². The molecule has 2 amide bonds. The van der Waals surface area contributed by atoms with Gasteiger partial charge in [0.15, 0.2) is 0 Å². The lowest BCUT2D eigenvalue weighted by molar-refractivity contribution is 0.151. The van der Waals surface area contributed by atoms with E-state index in [0.717, 1.165) is 19.6 Å². The Bertz CT molecular complexity index is 794. The first-order chi connectivity index (χ1) is 11.6. The van der Waals surface area contributed by atoms with E-state index in [1.807, 2.05) is 0 Å². The van der Waals surface area contributed by atoms with Gasteiger partial charge in [-0.05, 0) is 24.7 Å². The van der Waals surface area contributed by atoms with Crippen molar-refractivity contribution in [2.24, 2.45) is 0 Å². The molecule has 0 unspecified atom stereocenters. The van der Waals surface area contributed by atoms with Crippen LogP contribution in [-0.2, 0) is 0 Å². The number of anilines is 1. The van der Waals surface area contributed by atoms with E-state index in [9.17, 15) is 9.59 Å². The lowest BCUT2D eigenvalue weighted by Gasteiger charge is -2.33. The molecule has 2 N–H and O–H groups in total. The molecule has 3 rings (SSSR count). The van der Waals surface area contributed by atoms with E-state index < -0.39 is 0 Å². The lowest BCUT2D eigenvalue weighted by atomic mass is 10.2. The maximum Gasteiger partial charge on any atom is 0.322 e. The molecule has 1 aliphatic rings. The molecule has 1 aromatic heterocycles. The second-order valence-corrected chi connectivity index (χ2v) is 5.79. The van der Waals surface area contributed by atoms with Crippen LogP contribution < -0.4 is 15.5 Å². The van der Waals surface area contributed by atoms with E-state index in [1.54, 1.807) is 30.2 Å². The number of nitrogens with zero attached hydrogens (tertiary/aromatic N) is 2. The van der Waals surface area contributed by atoms with Gasteiger partial charge in [-0.3, -0.25) is 4.79 Å². The Balaban J connectivity index is 1.79. The van der Waals surface area contributed by atoms with Gasteiger partial charge < -0.3 is 24.8 Å². The highest BCUT2D eigenvalue weighted by Crippen LogP contribution is 2.18. The maximum absolute atomic E-state index is 12.6. The number of benzene rings is 1. The molecule has 7 nitrogen and oxygen atoms in total. The van der Waals surface area contributed by atoms with Gasteiger partial charge in [-0.25, -0.2) is 4.79 Å². The molecular formula is C17H22N4O3. The van der Waals surface area contributed by atoms with E-state index in [1.165, 1.54) is 6.20 Å². The molecule has 0 spiro atoms. The van der Waals surface area contributed by atoms with Crippen LogP contribution in [0.25, 0.3) is 10.9 Å². The second-order valence-electron chi connectivity index (χ2n) is 5.79. The van der Waals surface area contributed by atoms with Crippen LogP contribution >= 0.6 is 0 Å². The molecule has 1 aliphatic heterocycles. The van der Waals surface area contributed by atoms with Crippen LogP contribution in [0.3, 0.4) is 0 Å². The Hall–Kier alpha value is -2.54. The minimum atomic E-state index is -0.238. The van der Waals surface area contributed by atoms with E-state index >= 15 is 0 Å². The summed E-state index contributed by atoms with van der Waals surface area (Å²) < 4.78 is 5.16. The van der Waals surface area contributed by atoms with E-state index in [0.29, 0.717) is 29.7 Å². The molecule has 0 bridgehead atoms. The number of ether oxygens (including phenoxy) is 1. The number of piperazine rings is 1. The first kappa shape index (κ1) is 16.3. The van der Waals surface area contributed by atoms with Gasteiger partial charge in [-0.15, -0.1) is 0 Å². The molecular weight excluding hydrogens is 308 g/mol. The van der Waals surface area contributed by atoms with Crippen LogP contribution in [0.5, 0.6) is 5.75 Å². The smallest absolute Gasteiger partial charge is 0.322 e. The standard InChI is InChI=1S/C17H22N4O3/c1-3-20-6-8-21(9-7-20)17(23)19-15-11-18-14-5-4-12(24-2)10-13(14)16(15)22/h4-5,10-11H,3,6-9H2,1-2H3,(H,18,22)(H,19,23). The number of likely N-dealkylation sites (N-methyl/N-ethyl adjacent to an activating group) is 1. The quantitative estimate of drug-likeness (QED) is 0.898. The van der Waals surface area contributed by atoms with E-state index in [4.69, 9.17) is 4.74 Å². The minimum absolute atomic E-state index is 0.219. The molecule has 1 aromatic carbocycles. The number of rotatable bonds is 3. The summed E-state index contributed by atoms with van der Waals surface area (Å²) in [5.41, 5.74) is 0.734. The Morgan fingerprint density at radius 1 is 1.29 bits per heavy atom. The molecule has 2 heterocycles. The summed E-state index contributed by atoms with van der Waals surface area (Å²) in [6.45, 7) is 6.14. The summed E-state index contributed by atoms with van der Waals surface area (Å²) in [5, 5.41) is 3.22. The molecule has 0 aliphatic carbocycles. The first-order valence-corrected chi connectivity index (χ1v) is 8.10. The molecule has 1 fully saturated rings. The van der Waals surface area contributed by atoms with Crippen LogP contribution in [0.1, 0.15) is 6.92 Å². The highest BCUT2D eigenvalue weighted by molar-refractivity contribution is 5.92. The van der Waals surface area contributed by atoms with Crippen molar-refractivity contribution in [1.29, 1.82) is 0 Å². The number of aromatic amines is 1. The fourth-order valence-corrected chi connectivity index (χ4v) is 2.88. The van der Waals surface area contributed by atoms with Crippen molar-refractivity contribution in [3.8, 4) is 5.75 Å². The number of nitrogens with one attached hydrogen (secondary N) is 2. The van der Waals surface area contributed by atoms with Gasteiger partial charge >= 0.3 is 6.03 Å². The Labute approximate surface area is 140 Å². The number of urea groups is 1. The number of carbonyl (C=O) groups excluding carboxylic acids is 1. The van der Waals surface area contributed by atoms with Crippen molar-refractivity contribution >= 4 is 22.6 Å². The summed E-state index contributed by atoms with van der Waals surface area (Å²) in [6.07, 6.45) is 1.54. The first-order valence-electron chi connectivity index (χ1n) is 8.10. The van der Waals surface area contributed by atoms with Gasteiger partial charge in [0.25, 0.3) is 0 Å². The van der Waals surface area contributed by atoms with E-state index in [2.05, 4.69) is 22.1 Å². The maximum atomic E-state index is 12.6. The lowest BCUT2D eigenvalue weighted by Crippen LogP contribution is -2.50. The van der Waals surface area contributed by atoms with Crippen LogP contribution in [-0.4, -0.2) is 60.6 Å². The van der Waals surface area contributed by atoms with Gasteiger partial charge in [0.1, 0.15) is 11.4 Å². The Morgan fingerprint density at radius 2 is 2.04 bits per heavy atom. The summed E-state index contributed by atoms with van der Waals surface area (Å²) in [6, 6.07) is 5.00. The van der Waals surface area contributed by atoms with Crippen LogP contribution in [0, 0.1) is 0 Å². The number of amides is 2. The topological polar surface area (TPSA) is 77.7 Å². The fraction of sp³-hybridized carbons (Fsp3) is 0.412. The largest absolute Gasteiger partial charge is 0.497 e.